The van der Waals surface area contributed by atoms with Crippen LogP contribution in [0.25, 0.3) is 11.0 Å². The lowest BCUT2D eigenvalue weighted by atomic mass is 9.95. The summed E-state index contributed by atoms with van der Waals surface area (Å²) in [6, 6.07) is 11.6. The summed E-state index contributed by atoms with van der Waals surface area (Å²) < 4.78 is 0. The molecule has 6 heteroatoms. The number of carbonyl (C=O) groups is 1. The Bertz CT molecular complexity index is 955. The number of anilines is 2. The van der Waals surface area contributed by atoms with Crippen LogP contribution in [0.5, 0.6) is 0 Å². The van der Waals surface area contributed by atoms with E-state index in [0.29, 0.717) is 22.6 Å². The third kappa shape index (κ3) is 3.93. The van der Waals surface area contributed by atoms with Crippen LogP contribution in [0.1, 0.15) is 48.0 Å². The second-order valence-electron chi connectivity index (χ2n) is 7.18. The second-order valence-corrected chi connectivity index (χ2v) is 7.59. The molecule has 0 aliphatic heterocycles. The van der Waals surface area contributed by atoms with Gasteiger partial charge in [-0.1, -0.05) is 43.0 Å². The number of imidazole rings is 1. The molecule has 3 N–H and O–H groups in total. The van der Waals surface area contributed by atoms with E-state index < -0.39 is 0 Å². The minimum atomic E-state index is -0.0248. The molecule has 4 rings (SSSR count). The fourth-order valence-electron chi connectivity index (χ4n) is 3.63. The highest BCUT2D eigenvalue weighted by Gasteiger charge is 2.17. The zero-order valence-corrected chi connectivity index (χ0v) is 16.1. The smallest absolute Gasteiger partial charge is 0.251 e. The zero-order valence-electron chi connectivity index (χ0n) is 15.3. The van der Waals surface area contributed by atoms with Gasteiger partial charge >= 0.3 is 0 Å². The van der Waals surface area contributed by atoms with Gasteiger partial charge < -0.3 is 15.6 Å². The lowest BCUT2D eigenvalue weighted by Gasteiger charge is -2.22. The molecule has 3 aromatic rings. The van der Waals surface area contributed by atoms with E-state index in [-0.39, 0.29) is 5.91 Å². The van der Waals surface area contributed by atoms with E-state index in [4.69, 9.17) is 11.6 Å². The molecule has 1 fully saturated rings. The van der Waals surface area contributed by atoms with Gasteiger partial charge in [0, 0.05) is 11.6 Å². The monoisotopic (exact) mass is 382 g/mol. The van der Waals surface area contributed by atoms with Crippen molar-refractivity contribution < 1.29 is 4.79 Å². The van der Waals surface area contributed by atoms with Crippen LogP contribution in [0.2, 0.25) is 5.02 Å². The van der Waals surface area contributed by atoms with Crippen molar-refractivity contribution in [3.05, 3.63) is 52.5 Å². The summed E-state index contributed by atoms with van der Waals surface area (Å²) >= 11 is 6.28. The predicted molar refractivity (Wildman–Crippen MR) is 110 cm³/mol. The Kier molecular flexibility index (Phi) is 5.03. The quantitative estimate of drug-likeness (QED) is 0.571. The summed E-state index contributed by atoms with van der Waals surface area (Å²) in [5.41, 5.74) is 4.12. The third-order valence-corrected chi connectivity index (χ3v) is 5.47. The minimum Gasteiger partial charge on any atom is -0.349 e. The van der Waals surface area contributed by atoms with E-state index in [1.807, 2.05) is 43.3 Å². The van der Waals surface area contributed by atoms with Crippen LogP contribution in [-0.4, -0.2) is 21.9 Å². The van der Waals surface area contributed by atoms with Crippen LogP contribution in [0, 0.1) is 6.92 Å². The van der Waals surface area contributed by atoms with E-state index in [2.05, 4.69) is 20.6 Å². The molecule has 2 aromatic carbocycles. The fraction of sp³-hybridized carbons (Fsp3) is 0.333. The van der Waals surface area contributed by atoms with Gasteiger partial charge in [-0.2, -0.15) is 0 Å². The van der Waals surface area contributed by atoms with Gasteiger partial charge in [-0.05, 0) is 49.6 Å². The molecule has 1 heterocycles. The molecule has 1 aromatic heterocycles. The van der Waals surface area contributed by atoms with Crippen molar-refractivity contribution in [3.63, 3.8) is 0 Å². The zero-order chi connectivity index (χ0) is 18.8. The van der Waals surface area contributed by atoms with Crippen molar-refractivity contribution in [1.29, 1.82) is 0 Å². The van der Waals surface area contributed by atoms with E-state index in [9.17, 15) is 4.79 Å². The molecule has 0 bridgehead atoms. The molecule has 0 atom stereocenters. The van der Waals surface area contributed by atoms with E-state index in [1.54, 1.807) is 0 Å². The summed E-state index contributed by atoms with van der Waals surface area (Å²) in [4.78, 5) is 20.4. The maximum Gasteiger partial charge on any atom is 0.251 e. The highest BCUT2D eigenvalue weighted by Crippen LogP contribution is 2.28. The molecule has 1 saturated carbocycles. The Balaban J connectivity index is 1.54. The number of para-hydroxylation sites is 1. The number of aromatic amines is 1. The lowest BCUT2D eigenvalue weighted by molar-refractivity contribution is 0.0928. The number of nitrogens with one attached hydrogen (secondary N) is 3. The highest BCUT2D eigenvalue weighted by atomic mass is 35.5. The number of nitrogens with zero attached hydrogens (tertiary/aromatic N) is 1. The first-order chi connectivity index (χ1) is 13.1. The van der Waals surface area contributed by atoms with Crippen LogP contribution in [0.3, 0.4) is 0 Å². The number of rotatable bonds is 4. The summed E-state index contributed by atoms with van der Waals surface area (Å²) in [6.45, 7) is 1.99. The summed E-state index contributed by atoms with van der Waals surface area (Å²) in [5, 5.41) is 7.04. The largest absolute Gasteiger partial charge is 0.349 e. The number of halogens is 1. The average Bonchev–Trinajstić information content (AvgIpc) is 3.07. The van der Waals surface area contributed by atoms with Gasteiger partial charge in [0.2, 0.25) is 5.95 Å². The van der Waals surface area contributed by atoms with Crippen molar-refractivity contribution >= 4 is 40.2 Å². The molecule has 5 nitrogen and oxygen atoms in total. The van der Waals surface area contributed by atoms with E-state index in [1.165, 1.54) is 19.3 Å². The van der Waals surface area contributed by atoms with Crippen molar-refractivity contribution in [3.8, 4) is 0 Å². The van der Waals surface area contributed by atoms with Crippen molar-refractivity contribution in [2.75, 3.05) is 5.32 Å². The molecule has 0 saturated heterocycles. The van der Waals surface area contributed by atoms with Crippen molar-refractivity contribution in [2.24, 2.45) is 0 Å². The molecule has 0 spiro atoms. The number of amides is 1. The number of hydrogen-bond acceptors (Lipinski definition) is 3. The van der Waals surface area contributed by atoms with Crippen LogP contribution in [-0.2, 0) is 0 Å². The Morgan fingerprint density at radius 1 is 1.19 bits per heavy atom. The summed E-state index contributed by atoms with van der Waals surface area (Å²) in [7, 11) is 0. The molecule has 0 radical (unpaired) electrons. The van der Waals surface area contributed by atoms with Crippen LogP contribution in [0.15, 0.2) is 36.4 Å². The first-order valence-corrected chi connectivity index (χ1v) is 9.81. The number of aromatic nitrogens is 2. The van der Waals surface area contributed by atoms with Crippen LogP contribution in [0.4, 0.5) is 11.6 Å². The van der Waals surface area contributed by atoms with Gasteiger partial charge in [-0.25, -0.2) is 4.98 Å². The van der Waals surface area contributed by atoms with Crippen molar-refractivity contribution in [2.45, 2.75) is 45.1 Å². The minimum absolute atomic E-state index is 0.0248. The summed E-state index contributed by atoms with van der Waals surface area (Å²) in [6.07, 6.45) is 5.80. The van der Waals surface area contributed by atoms with Gasteiger partial charge in [-0.3, -0.25) is 4.79 Å². The Hall–Kier alpha value is -2.53. The number of benzene rings is 2. The summed E-state index contributed by atoms with van der Waals surface area (Å²) in [5.74, 6) is 0.578. The highest BCUT2D eigenvalue weighted by molar-refractivity contribution is 6.33. The van der Waals surface area contributed by atoms with Gasteiger partial charge in [0.15, 0.2) is 0 Å². The fourth-order valence-corrected chi connectivity index (χ4v) is 3.90. The average molecular weight is 383 g/mol. The third-order valence-electron chi connectivity index (χ3n) is 5.15. The van der Waals surface area contributed by atoms with E-state index >= 15 is 0 Å². The molecule has 1 aliphatic rings. The van der Waals surface area contributed by atoms with Crippen molar-refractivity contribution in [1.82, 2.24) is 15.3 Å². The predicted octanol–water partition coefficient (Wildman–Crippen LogP) is 5.33. The Morgan fingerprint density at radius 3 is 2.78 bits per heavy atom. The number of H-pyrrole nitrogens is 1. The Morgan fingerprint density at radius 2 is 2.00 bits per heavy atom. The number of carbonyl (C=O) groups excluding carboxylic acids is 1. The molecular formula is C21H23ClN4O. The maximum atomic E-state index is 12.6. The first kappa shape index (κ1) is 17.9. The standard InChI is InChI=1S/C21H23ClN4O/c1-13-6-5-9-16(22)19(13)26-21-24-17-11-10-14(12-18(17)25-21)20(27)23-15-7-3-2-4-8-15/h5-6,9-12,15H,2-4,7-8H2,1H3,(H,23,27)(H2,24,25,26). The number of fused-ring (bicyclic) bond motifs is 1. The van der Waals surface area contributed by atoms with Gasteiger partial charge in [-0.15, -0.1) is 0 Å². The molecule has 27 heavy (non-hydrogen) atoms. The Labute approximate surface area is 163 Å². The molecule has 140 valence electrons. The lowest BCUT2D eigenvalue weighted by Crippen LogP contribution is -2.36. The number of hydrogen-bond donors (Lipinski definition) is 3. The maximum absolute atomic E-state index is 12.6. The molecule has 1 amide bonds. The SMILES string of the molecule is Cc1cccc(Cl)c1Nc1nc2cc(C(=O)NC3CCCCC3)ccc2[nH]1. The molecule has 1 aliphatic carbocycles. The molecular weight excluding hydrogens is 360 g/mol. The molecule has 0 unspecified atom stereocenters. The second kappa shape index (κ2) is 7.61. The van der Waals surface area contributed by atoms with Gasteiger partial charge in [0.05, 0.1) is 21.7 Å². The van der Waals surface area contributed by atoms with Gasteiger partial charge in [0.1, 0.15) is 0 Å². The normalized spacial score (nSPS) is 15.0. The first-order valence-electron chi connectivity index (χ1n) is 9.43. The topological polar surface area (TPSA) is 69.8 Å². The van der Waals surface area contributed by atoms with E-state index in [0.717, 1.165) is 35.1 Å². The van der Waals surface area contributed by atoms with Gasteiger partial charge in [0.25, 0.3) is 5.91 Å². The number of aryl methyl sites for hydroxylation is 1. The van der Waals surface area contributed by atoms with Crippen LogP contribution >= 0.6 is 11.6 Å². The van der Waals surface area contributed by atoms with Crippen LogP contribution < -0.4 is 10.6 Å².